The van der Waals surface area contributed by atoms with Gasteiger partial charge in [-0.1, -0.05) is 43.7 Å². The minimum Gasteiger partial charge on any atom is -0.383 e. The average Bonchev–Trinajstić information content (AvgIpc) is 2.82. The second-order valence-corrected chi connectivity index (χ2v) is 8.87. The van der Waals surface area contributed by atoms with E-state index < -0.39 is 0 Å². The number of aryl methyl sites for hydroxylation is 1. The molecule has 0 fully saturated rings. The van der Waals surface area contributed by atoms with Crippen LogP contribution in [0.2, 0.25) is 0 Å². The Bertz CT molecular complexity index is 1220. The maximum absolute atomic E-state index is 11.4. The summed E-state index contributed by atoms with van der Waals surface area (Å²) in [6.07, 6.45) is 11.6. The van der Waals surface area contributed by atoms with E-state index in [9.17, 15) is 4.79 Å². The van der Waals surface area contributed by atoms with Crippen molar-refractivity contribution in [3.05, 3.63) is 75.5 Å². The first-order chi connectivity index (χ1) is 15.7. The van der Waals surface area contributed by atoms with Crippen LogP contribution < -0.4 is 5.73 Å². The summed E-state index contributed by atoms with van der Waals surface area (Å²) in [5.74, 6) is 0.293. The molecule has 33 heavy (non-hydrogen) atoms. The molecule has 0 spiro atoms. The molecule has 0 saturated heterocycles. The van der Waals surface area contributed by atoms with E-state index in [2.05, 4.69) is 48.3 Å². The number of unbranched alkanes of at least 4 members (excludes halogenated alkanes) is 1. The number of aldehydes is 1. The summed E-state index contributed by atoms with van der Waals surface area (Å²) >= 11 is 0. The third-order valence-electron chi connectivity index (χ3n) is 6.78. The number of carbonyl (C=O) groups is 1. The van der Waals surface area contributed by atoms with Crippen molar-refractivity contribution < 1.29 is 4.79 Å². The van der Waals surface area contributed by atoms with Crippen LogP contribution in [0.15, 0.2) is 36.4 Å². The molecule has 0 unspecified atom stereocenters. The molecular weight excluding hydrogens is 430 g/mol. The Morgan fingerprint density at radius 1 is 0.970 bits per heavy atom. The largest absolute Gasteiger partial charge is 0.383 e. The highest BCUT2D eigenvalue weighted by Crippen LogP contribution is 2.41. The van der Waals surface area contributed by atoms with Crippen molar-refractivity contribution >= 4 is 36.2 Å². The molecule has 2 heterocycles. The van der Waals surface area contributed by atoms with Gasteiger partial charge in [-0.3, -0.25) is 4.79 Å². The van der Waals surface area contributed by atoms with E-state index in [-0.39, 0.29) is 12.4 Å². The van der Waals surface area contributed by atoms with Gasteiger partial charge in [-0.25, -0.2) is 9.97 Å². The second-order valence-electron chi connectivity index (χ2n) is 8.87. The van der Waals surface area contributed by atoms with Gasteiger partial charge in [0.25, 0.3) is 0 Å². The maximum Gasteiger partial charge on any atom is 0.153 e. The highest BCUT2D eigenvalue weighted by molar-refractivity contribution is 5.87. The van der Waals surface area contributed by atoms with Crippen LogP contribution in [0.4, 0.5) is 5.82 Å². The number of benzene rings is 1. The molecule has 0 atom stereocenters. The number of hydrogen-bond acceptors (Lipinski definition) is 4. The summed E-state index contributed by atoms with van der Waals surface area (Å²) in [7, 11) is 0. The molecule has 3 aromatic rings. The van der Waals surface area contributed by atoms with Gasteiger partial charge in [0.15, 0.2) is 6.29 Å². The number of pyridine rings is 2. The summed E-state index contributed by atoms with van der Waals surface area (Å²) in [5, 5.41) is 0. The number of rotatable bonds is 5. The summed E-state index contributed by atoms with van der Waals surface area (Å²) in [4.78, 5) is 21.3. The standard InChI is InChI=1S/C28H29N3O.ClH/c1-2-3-11-22-23-12-7-10-19(15-18-8-5-4-6-9-18)25(23)30-27-24(22)14-13-20-16-21(17-32)28(29)31-26(20)27;/h4-6,8-9,15-17H,2-3,7,10-14H2,1H3,(H2,29,31);1H/b19-15-;. The molecule has 0 aliphatic heterocycles. The topological polar surface area (TPSA) is 68.9 Å². The van der Waals surface area contributed by atoms with Crippen molar-refractivity contribution in [3.8, 4) is 11.4 Å². The number of nitrogens with two attached hydrogens (primary N) is 1. The van der Waals surface area contributed by atoms with Crippen LogP contribution in [0.25, 0.3) is 23.0 Å². The van der Waals surface area contributed by atoms with E-state index in [0.29, 0.717) is 11.4 Å². The summed E-state index contributed by atoms with van der Waals surface area (Å²) in [6.45, 7) is 2.25. The Morgan fingerprint density at radius 3 is 2.52 bits per heavy atom. The van der Waals surface area contributed by atoms with Crippen molar-refractivity contribution in [1.29, 1.82) is 0 Å². The fraction of sp³-hybridized carbons (Fsp3) is 0.321. The first-order valence-electron chi connectivity index (χ1n) is 11.7. The van der Waals surface area contributed by atoms with Gasteiger partial charge in [0.2, 0.25) is 0 Å². The smallest absolute Gasteiger partial charge is 0.153 e. The molecule has 2 aromatic heterocycles. The number of allylic oxidation sites excluding steroid dienone is 1. The summed E-state index contributed by atoms with van der Waals surface area (Å²) in [6, 6.07) is 12.4. The molecule has 0 bridgehead atoms. The zero-order chi connectivity index (χ0) is 22.1. The van der Waals surface area contributed by atoms with Crippen LogP contribution in [0.3, 0.4) is 0 Å². The van der Waals surface area contributed by atoms with Crippen LogP contribution in [0.1, 0.15) is 76.5 Å². The van der Waals surface area contributed by atoms with Gasteiger partial charge in [0, 0.05) is 0 Å². The number of nitrogen functional groups attached to an aromatic ring is 1. The monoisotopic (exact) mass is 459 g/mol. The van der Waals surface area contributed by atoms with Gasteiger partial charge in [-0.15, -0.1) is 12.4 Å². The van der Waals surface area contributed by atoms with E-state index in [0.717, 1.165) is 67.5 Å². The van der Waals surface area contributed by atoms with Crippen molar-refractivity contribution in [2.24, 2.45) is 0 Å². The predicted octanol–water partition coefficient (Wildman–Crippen LogP) is 6.28. The van der Waals surface area contributed by atoms with Crippen LogP contribution >= 0.6 is 12.4 Å². The van der Waals surface area contributed by atoms with Gasteiger partial charge >= 0.3 is 0 Å². The van der Waals surface area contributed by atoms with Crippen LogP contribution in [-0.4, -0.2) is 16.3 Å². The lowest BCUT2D eigenvalue weighted by molar-refractivity contribution is 0.112. The molecule has 0 amide bonds. The number of aromatic nitrogens is 2. The van der Waals surface area contributed by atoms with Gasteiger partial charge in [0.1, 0.15) is 5.82 Å². The number of fused-ring (bicyclic) bond motifs is 4. The first-order valence-corrected chi connectivity index (χ1v) is 11.7. The maximum atomic E-state index is 11.4. The Balaban J connectivity index is 0.00000259. The van der Waals surface area contributed by atoms with Crippen molar-refractivity contribution in [1.82, 2.24) is 9.97 Å². The van der Waals surface area contributed by atoms with Crippen LogP contribution in [0.5, 0.6) is 0 Å². The molecule has 4 nitrogen and oxygen atoms in total. The predicted molar refractivity (Wildman–Crippen MR) is 138 cm³/mol. The minimum absolute atomic E-state index is 0. The van der Waals surface area contributed by atoms with E-state index in [1.54, 1.807) is 0 Å². The van der Waals surface area contributed by atoms with E-state index in [1.807, 2.05) is 6.07 Å². The van der Waals surface area contributed by atoms with E-state index >= 15 is 0 Å². The molecule has 2 aliphatic carbocycles. The number of nitrogens with zero attached hydrogens (tertiary/aromatic N) is 2. The third-order valence-corrected chi connectivity index (χ3v) is 6.78. The SMILES string of the molecule is CCCCc1c2c(nc3c1CCc1cc(C=O)c(N)nc1-3)/C(=C\c1ccccc1)CCC2.Cl. The fourth-order valence-electron chi connectivity index (χ4n) is 5.17. The van der Waals surface area contributed by atoms with Crippen molar-refractivity contribution in [2.75, 3.05) is 5.73 Å². The molecule has 5 heteroatoms. The molecule has 0 saturated carbocycles. The zero-order valence-corrected chi connectivity index (χ0v) is 19.9. The normalized spacial score (nSPS) is 15.2. The Labute approximate surface area is 201 Å². The molecule has 170 valence electrons. The molecule has 2 N–H and O–H groups in total. The number of hydrogen-bond donors (Lipinski definition) is 1. The number of carbonyl (C=O) groups excluding carboxylic acids is 1. The molecule has 0 radical (unpaired) electrons. The lowest BCUT2D eigenvalue weighted by atomic mass is 9.80. The molecule has 2 aliphatic rings. The zero-order valence-electron chi connectivity index (χ0n) is 19.1. The highest BCUT2D eigenvalue weighted by atomic mass is 35.5. The molecular formula is C28H30ClN3O. The van der Waals surface area contributed by atoms with Crippen LogP contribution in [-0.2, 0) is 25.7 Å². The first kappa shape index (κ1) is 23.2. The second kappa shape index (κ2) is 9.88. The average molecular weight is 460 g/mol. The summed E-state index contributed by atoms with van der Waals surface area (Å²) < 4.78 is 0. The van der Waals surface area contributed by atoms with Crippen molar-refractivity contribution in [2.45, 2.75) is 58.3 Å². The van der Waals surface area contributed by atoms with Gasteiger partial charge in [0.05, 0.1) is 22.6 Å². The molecule has 5 rings (SSSR count). The quantitative estimate of drug-likeness (QED) is 0.456. The Kier molecular flexibility index (Phi) is 6.94. The Hall–Kier alpha value is -2.98. The van der Waals surface area contributed by atoms with E-state index in [1.165, 1.54) is 40.7 Å². The number of halogens is 1. The lowest BCUT2D eigenvalue weighted by Crippen LogP contribution is -2.18. The van der Waals surface area contributed by atoms with Gasteiger partial charge in [-0.2, -0.15) is 0 Å². The van der Waals surface area contributed by atoms with Crippen LogP contribution in [0, 0.1) is 0 Å². The number of anilines is 1. The summed E-state index contributed by atoms with van der Waals surface area (Å²) in [5.41, 5.74) is 17.4. The Morgan fingerprint density at radius 2 is 1.76 bits per heavy atom. The fourth-order valence-corrected chi connectivity index (χ4v) is 5.17. The van der Waals surface area contributed by atoms with Gasteiger partial charge in [-0.05, 0) is 90.5 Å². The third kappa shape index (κ3) is 4.32. The highest BCUT2D eigenvalue weighted by Gasteiger charge is 2.29. The minimum atomic E-state index is 0. The lowest BCUT2D eigenvalue weighted by Gasteiger charge is -2.29. The van der Waals surface area contributed by atoms with E-state index in [4.69, 9.17) is 10.7 Å². The molecule has 1 aromatic carbocycles. The van der Waals surface area contributed by atoms with Gasteiger partial charge < -0.3 is 5.73 Å². The van der Waals surface area contributed by atoms with Crippen molar-refractivity contribution in [3.63, 3.8) is 0 Å².